The Morgan fingerprint density at radius 3 is 2.62 bits per heavy atom. The van der Waals surface area contributed by atoms with Crippen LogP contribution in [0.4, 0.5) is 10.1 Å². The van der Waals surface area contributed by atoms with Gasteiger partial charge in [0.25, 0.3) is 0 Å². The van der Waals surface area contributed by atoms with Crippen LogP contribution < -0.4 is 5.32 Å². The van der Waals surface area contributed by atoms with Gasteiger partial charge in [-0.05, 0) is 31.5 Å². The van der Waals surface area contributed by atoms with Crippen molar-refractivity contribution in [3.63, 3.8) is 0 Å². The molecule has 0 aliphatic heterocycles. The zero-order valence-electron chi connectivity index (χ0n) is 9.34. The largest absolute Gasteiger partial charge is 0.324 e. The predicted molar refractivity (Wildman–Crippen MR) is 59.9 cm³/mol. The van der Waals surface area contributed by atoms with Gasteiger partial charge < -0.3 is 5.32 Å². The third-order valence-electron chi connectivity index (χ3n) is 2.12. The van der Waals surface area contributed by atoms with Gasteiger partial charge in [-0.2, -0.15) is 0 Å². The molecular weight excluding hydrogens is 209 g/mol. The Labute approximate surface area is 93.7 Å². The molecule has 3 nitrogen and oxygen atoms in total. The Morgan fingerprint density at radius 2 is 2.06 bits per heavy atom. The van der Waals surface area contributed by atoms with Gasteiger partial charge in [0.1, 0.15) is 5.82 Å². The zero-order chi connectivity index (χ0) is 12.1. The standard InChI is InChI=1S/C12H14FNO2/c1-3-4-12(16)14-11-7-9(8(2)15)5-6-10(11)13/h5-7H,3-4H2,1-2H3,(H,14,16). The first-order chi connectivity index (χ1) is 7.54. The molecule has 1 aromatic carbocycles. The molecule has 0 saturated heterocycles. The van der Waals surface area contributed by atoms with Crippen LogP contribution in [0.25, 0.3) is 0 Å². The molecule has 0 radical (unpaired) electrons. The molecule has 0 aliphatic carbocycles. The number of carbonyl (C=O) groups excluding carboxylic acids is 2. The van der Waals surface area contributed by atoms with E-state index in [1.165, 1.54) is 25.1 Å². The lowest BCUT2D eigenvalue weighted by molar-refractivity contribution is -0.116. The average molecular weight is 223 g/mol. The van der Waals surface area contributed by atoms with E-state index >= 15 is 0 Å². The van der Waals surface area contributed by atoms with Gasteiger partial charge in [-0.15, -0.1) is 0 Å². The van der Waals surface area contributed by atoms with E-state index in [0.29, 0.717) is 18.4 Å². The minimum atomic E-state index is -0.533. The summed E-state index contributed by atoms with van der Waals surface area (Å²) in [7, 11) is 0. The molecule has 1 rings (SSSR count). The van der Waals surface area contributed by atoms with E-state index in [0.717, 1.165) is 0 Å². The summed E-state index contributed by atoms with van der Waals surface area (Å²) in [6, 6.07) is 3.93. The van der Waals surface area contributed by atoms with Crippen molar-refractivity contribution >= 4 is 17.4 Å². The number of ketones is 1. The second-order valence-electron chi connectivity index (χ2n) is 3.55. The first-order valence-corrected chi connectivity index (χ1v) is 5.15. The highest BCUT2D eigenvalue weighted by Crippen LogP contribution is 2.17. The Balaban J connectivity index is 2.90. The molecule has 0 heterocycles. The van der Waals surface area contributed by atoms with Crippen molar-refractivity contribution in [2.45, 2.75) is 26.7 Å². The molecule has 0 fully saturated rings. The van der Waals surface area contributed by atoms with Gasteiger partial charge in [0.2, 0.25) is 5.91 Å². The number of hydrogen-bond donors (Lipinski definition) is 1. The summed E-state index contributed by atoms with van der Waals surface area (Å²) in [6.07, 6.45) is 1.03. The molecule has 0 aromatic heterocycles. The van der Waals surface area contributed by atoms with Gasteiger partial charge in [-0.3, -0.25) is 9.59 Å². The molecule has 4 heteroatoms. The van der Waals surface area contributed by atoms with E-state index in [2.05, 4.69) is 5.32 Å². The molecule has 86 valence electrons. The molecule has 0 saturated carbocycles. The van der Waals surface area contributed by atoms with Gasteiger partial charge in [0, 0.05) is 12.0 Å². The normalized spacial score (nSPS) is 9.94. The highest BCUT2D eigenvalue weighted by Gasteiger charge is 2.08. The molecule has 0 bridgehead atoms. The number of benzene rings is 1. The fraction of sp³-hybridized carbons (Fsp3) is 0.333. The topological polar surface area (TPSA) is 46.2 Å². The lowest BCUT2D eigenvalue weighted by atomic mass is 10.1. The maximum atomic E-state index is 13.3. The van der Waals surface area contributed by atoms with E-state index in [1.807, 2.05) is 6.92 Å². The highest BCUT2D eigenvalue weighted by atomic mass is 19.1. The Bertz CT molecular complexity index is 415. The Kier molecular flexibility index (Phi) is 4.17. The van der Waals surface area contributed by atoms with Gasteiger partial charge in [-0.1, -0.05) is 6.92 Å². The second kappa shape index (κ2) is 5.39. The van der Waals surface area contributed by atoms with Gasteiger partial charge >= 0.3 is 0 Å². The van der Waals surface area contributed by atoms with E-state index < -0.39 is 5.82 Å². The number of carbonyl (C=O) groups is 2. The predicted octanol–water partition coefficient (Wildman–Crippen LogP) is 2.77. The minimum absolute atomic E-state index is 0.0613. The average Bonchev–Trinajstić information content (AvgIpc) is 2.21. The monoisotopic (exact) mass is 223 g/mol. The second-order valence-corrected chi connectivity index (χ2v) is 3.55. The number of nitrogens with one attached hydrogen (secondary N) is 1. The number of halogens is 1. The van der Waals surface area contributed by atoms with E-state index in [4.69, 9.17) is 0 Å². The van der Waals surface area contributed by atoms with Crippen LogP contribution in [0.2, 0.25) is 0 Å². The molecule has 16 heavy (non-hydrogen) atoms. The molecule has 1 amide bonds. The van der Waals surface area contributed by atoms with Crippen molar-refractivity contribution in [3.05, 3.63) is 29.6 Å². The van der Waals surface area contributed by atoms with Crippen LogP contribution in [0.15, 0.2) is 18.2 Å². The van der Waals surface area contributed by atoms with Gasteiger partial charge in [-0.25, -0.2) is 4.39 Å². The molecule has 0 unspecified atom stereocenters. The van der Waals surface area contributed by atoms with Crippen LogP contribution in [0.5, 0.6) is 0 Å². The molecule has 0 spiro atoms. The first kappa shape index (κ1) is 12.4. The smallest absolute Gasteiger partial charge is 0.224 e. The van der Waals surface area contributed by atoms with Crippen molar-refractivity contribution in [2.75, 3.05) is 5.32 Å². The third-order valence-corrected chi connectivity index (χ3v) is 2.12. The maximum absolute atomic E-state index is 13.3. The quantitative estimate of drug-likeness (QED) is 0.798. The van der Waals surface area contributed by atoms with Gasteiger partial charge in [0.15, 0.2) is 5.78 Å². The number of amides is 1. The summed E-state index contributed by atoms with van der Waals surface area (Å²) in [6.45, 7) is 3.26. The van der Waals surface area contributed by atoms with Crippen LogP contribution in [0.3, 0.4) is 0 Å². The number of hydrogen-bond acceptors (Lipinski definition) is 2. The zero-order valence-corrected chi connectivity index (χ0v) is 9.34. The van der Waals surface area contributed by atoms with Crippen molar-refractivity contribution in [2.24, 2.45) is 0 Å². The molecular formula is C12H14FNO2. The summed E-state index contributed by atoms with van der Waals surface area (Å²) in [5.41, 5.74) is 0.444. The van der Waals surface area contributed by atoms with Crippen LogP contribution in [-0.4, -0.2) is 11.7 Å². The maximum Gasteiger partial charge on any atom is 0.224 e. The van der Waals surface area contributed by atoms with Crippen LogP contribution in [0.1, 0.15) is 37.0 Å². The van der Waals surface area contributed by atoms with E-state index in [-0.39, 0.29) is 17.4 Å². The number of anilines is 1. The number of Topliss-reactive ketones (excluding diaryl/α,β-unsaturated/α-hetero) is 1. The van der Waals surface area contributed by atoms with E-state index in [9.17, 15) is 14.0 Å². The summed E-state index contributed by atoms with van der Waals surface area (Å²) in [5, 5.41) is 2.44. The first-order valence-electron chi connectivity index (χ1n) is 5.15. The molecule has 0 aliphatic rings. The van der Waals surface area contributed by atoms with Crippen LogP contribution >= 0.6 is 0 Å². The van der Waals surface area contributed by atoms with Crippen molar-refractivity contribution in [3.8, 4) is 0 Å². The molecule has 1 aromatic rings. The van der Waals surface area contributed by atoms with Crippen LogP contribution in [-0.2, 0) is 4.79 Å². The Hall–Kier alpha value is -1.71. The number of rotatable bonds is 4. The lowest BCUT2D eigenvalue weighted by Crippen LogP contribution is -2.12. The fourth-order valence-electron chi connectivity index (χ4n) is 1.28. The van der Waals surface area contributed by atoms with Crippen molar-refractivity contribution in [1.29, 1.82) is 0 Å². The van der Waals surface area contributed by atoms with Crippen molar-refractivity contribution in [1.82, 2.24) is 0 Å². The van der Waals surface area contributed by atoms with E-state index in [1.54, 1.807) is 0 Å². The summed E-state index contributed by atoms with van der Waals surface area (Å²) in [4.78, 5) is 22.4. The van der Waals surface area contributed by atoms with Gasteiger partial charge in [0.05, 0.1) is 5.69 Å². The molecule has 1 N–H and O–H groups in total. The molecule has 0 atom stereocenters. The SMILES string of the molecule is CCCC(=O)Nc1cc(C(C)=O)ccc1F. The fourth-order valence-corrected chi connectivity index (χ4v) is 1.28. The highest BCUT2D eigenvalue weighted by molar-refractivity contribution is 5.97. The lowest BCUT2D eigenvalue weighted by Gasteiger charge is -2.06. The summed E-state index contributed by atoms with van der Waals surface area (Å²) in [5.74, 6) is -0.942. The summed E-state index contributed by atoms with van der Waals surface area (Å²) < 4.78 is 13.3. The summed E-state index contributed by atoms with van der Waals surface area (Å²) >= 11 is 0. The Morgan fingerprint density at radius 1 is 1.38 bits per heavy atom. The van der Waals surface area contributed by atoms with Crippen molar-refractivity contribution < 1.29 is 14.0 Å². The minimum Gasteiger partial charge on any atom is -0.324 e. The van der Waals surface area contributed by atoms with Crippen LogP contribution in [0, 0.1) is 5.82 Å². The third kappa shape index (κ3) is 3.15.